The smallest absolute Gasteiger partial charge is 0.311 e. The van der Waals surface area contributed by atoms with Gasteiger partial charge >= 0.3 is 5.97 Å². The molecule has 2 atom stereocenters. The van der Waals surface area contributed by atoms with Crippen LogP contribution in [0, 0.1) is 11.7 Å². The first-order chi connectivity index (χ1) is 9.01. The lowest BCUT2D eigenvalue weighted by Crippen LogP contribution is -2.24. The van der Waals surface area contributed by atoms with Gasteiger partial charge in [-0.2, -0.15) is 0 Å². The van der Waals surface area contributed by atoms with E-state index in [2.05, 4.69) is 4.74 Å². The van der Waals surface area contributed by atoms with Crippen LogP contribution in [0.3, 0.4) is 0 Å². The van der Waals surface area contributed by atoms with Crippen LogP contribution in [-0.4, -0.2) is 18.2 Å². The number of rotatable bonds is 6. The Morgan fingerprint density at radius 1 is 1.53 bits per heavy atom. The van der Waals surface area contributed by atoms with E-state index in [0.717, 1.165) is 12.8 Å². The van der Waals surface area contributed by atoms with Gasteiger partial charge in [0.2, 0.25) is 0 Å². The molecular formula is C14H18ClFO3. The number of hydrogen-bond acceptors (Lipinski definition) is 3. The van der Waals surface area contributed by atoms with Gasteiger partial charge in [-0.05, 0) is 24.6 Å². The minimum atomic E-state index is -1.25. The van der Waals surface area contributed by atoms with E-state index in [1.54, 1.807) is 0 Å². The number of carbonyl (C=O) groups is 1. The monoisotopic (exact) mass is 288 g/mol. The van der Waals surface area contributed by atoms with Gasteiger partial charge in [0.1, 0.15) is 5.82 Å². The molecule has 0 aliphatic rings. The molecule has 0 saturated carbocycles. The topological polar surface area (TPSA) is 46.5 Å². The Labute approximate surface area is 117 Å². The third-order valence-corrected chi connectivity index (χ3v) is 3.27. The number of unbranched alkanes of at least 4 members (excludes halogenated alkanes) is 1. The molecule has 0 aromatic heterocycles. The average molecular weight is 289 g/mol. The van der Waals surface area contributed by atoms with Crippen LogP contribution in [0.5, 0.6) is 0 Å². The molecule has 3 nitrogen and oxygen atoms in total. The van der Waals surface area contributed by atoms with Crippen molar-refractivity contribution in [3.8, 4) is 0 Å². The fourth-order valence-corrected chi connectivity index (χ4v) is 2.12. The van der Waals surface area contributed by atoms with Crippen LogP contribution in [-0.2, 0) is 9.53 Å². The number of methoxy groups -OCH3 is 1. The lowest BCUT2D eigenvalue weighted by Gasteiger charge is -2.21. The minimum absolute atomic E-state index is 0.0269. The molecule has 2 unspecified atom stereocenters. The summed E-state index contributed by atoms with van der Waals surface area (Å²) in [6.07, 6.45) is 0.811. The Hall–Kier alpha value is -1.13. The van der Waals surface area contributed by atoms with E-state index in [0.29, 0.717) is 11.4 Å². The van der Waals surface area contributed by atoms with Gasteiger partial charge in [0, 0.05) is 10.6 Å². The summed E-state index contributed by atoms with van der Waals surface area (Å²) in [5, 5.41) is 10.5. The zero-order valence-electron chi connectivity index (χ0n) is 11.0. The number of halogens is 2. The number of benzene rings is 1. The highest BCUT2D eigenvalue weighted by Crippen LogP contribution is 2.30. The third kappa shape index (κ3) is 4.18. The summed E-state index contributed by atoms with van der Waals surface area (Å²) in [5.41, 5.74) is 0.0269. The standard InChI is InChI=1S/C14H18ClFO3/c1-3-4-5-10(14(18)19-2)13(17)11-8-9(15)6-7-12(11)16/h6-8,10,13,17H,3-5H2,1-2H3. The second-order valence-corrected chi connectivity index (χ2v) is 4.82. The Balaban J connectivity index is 3.00. The molecule has 0 saturated heterocycles. The Morgan fingerprint density at radius 3 is 2.79 bits per heavy atom. The Kier molecular flexibility index (Phi) is 6.25. The minimum Gasteiger partial charge on any atom is -0.469 e. The molecule has 0 spiro atoms. The zero-order valence-corrected chi connectivity index (χ0v) is 11.8. The normalized spacial score (nSPS) is 13.9. The van der Waals surface area contributed by atoms with Crippen LogP contribution in [0.25, 0.3) is 0 Å². The molecule has 5 heteroatoms. The highest BCUT2D eigenvalue weighted by atomic mass is 35.5. The quantitative estimate of drug-likeness (QED) is 0.815. The molecule has 1 N–H and O–H groups in total. The Morgan fingerprint density at radius 2 is 2.21 bits per heavy atom. The van der Waals surface area contributed by atoms with Crippen LogP contribution in [0.2, 0.25) is 5.02 Å². The van der Waals surface area contributed by atoms with Gasteiger partial charge in [0.05, 0.1) is 19.1 Å². The molecule has 0 amide bonds. The number of aliphatic hydroxyl groups excluding tert-OH is 1. The lowest BCUT2D eigenvalue weighted by atomic mass is 9.91. The molecule has 0 radical (unpaired) electrons. The van der Waals surface area contributed by atoms with Crippen molar-refractivity contribution in [3.63, 3.8) is 0 Å². The summed E-state index contributed by atoms with van der Waals surface area (Å²) in [6, 6.07) is 3.91. The first-order valence-corrected chi connectivity index (χ1v) is 6.59. The van der Waals surface area contributed by atoms with Gasteiger partial charge in [0.15, 0.2) is 0 Å². The fourth-order valence-electron chi connectivity index (χ4n) is 1.94. The molecule has 0 aliphatic carbocycles. The molecular weight excluding hydrogens is 271 g/mol. The van der Waals surface area contributed by atoms with Gasteiger partial charge < -0.3 is 9.84 Å². The van der Waals surface area contributed by atoms with Gasteiger partial charge in [-0.3, -0.25) is 4.79 Å². The third-order valence-electron chi connectivity index (χ3n) is 3.03. The van der Waals surface area contributed by atoms with Crippen molar-refractivity contribution < 1.29 is 19.0 Å². The number of carbonyl (C=O) groups excluding carboxylic acids is 1. The van der Waals surface area contributed by atoms with E-state index in [1.807, 2.05) is 6.92 Å². The van der Waals surface area contributed by atoms with Crippen molar-refractivity contribution in [3.05, 3.63) is 34.6 Å². The highest BCUT2D eigenvalue weighted by Gasteiger charge is 2.30. The first-order valence-electron chi connectivity index (χ1n) is 6.22. The summed E-state index contributed by atoms with van der Waals surface area (Å²) in [4.78, 5) is 11.7. The van der Waals surface area contributed by atoms with Crippen molar-refractivity contribution in [1.82, 2.24) is 0 Å². The molecule has 106 valence electrons. The second kappa shape index (κ2) is 7.46. The predicted octanol–water partition coefficient (Wildman–Crippen LogP) is 3.49. The van der Waals surface area contributed by atoms with E-state index < -0.39 is 23.8 Å². The van der Waals surface area contributed by atoms with Gasteiger partial charge in [-0.1, -0.05) is 31.4 Å². The number of esters is 1. The van der Waals surface area contributed by atoms with Gasteiger partial charge in [-0.25, -0.2) is 4.39 Å². The van der Waals surface area contributed by atoms with Crippen molar-refractivity contribution in [2.24, 2.45) is 5.92 Å². The Bertz CT molecular complexity index is 437. The summed E-state index contributed by atoms with van der Waals surface area (Å²) in [7, 11) is 1.25. The van der Waals surface area contributed by atoms with Crippen LogP contribution in [0.1, 0.15) is 37.9 Å². The summed E-state index contributed by atoms with van der Waals surface area (Å²) in [6.45, 7) is 1.97. The lowest BCUT2D eigenvalue weighted by molar-refractivity contribution is -0.150. The second-order valence-electron chi connectivity index (χ2n) is 4.38. The molecule has 1 aromatic carbocycles. The van der Waals surface area contributed by atoms with Crippen molar-refractivity contribution >= 4 is 17.6 Å². The molecule has 1 rings (SSSR count). The van der Waals surface area contributed by atoms with E-state index >= 15 is 0 Å². The van der Waals surface area contributed by atoms with Crippen molar-refractivity contribution in [2.75, 3.05) is 7.11 Å². The summed E-state index contributed by atoms with van der Waals surface area (Å²) in [5.74, 6) is -1.90. The number of ether oxygens (including phenoxy) is 1. The van der Waals surface area contributed by atoms with Crippen LogP contribution < -0.4 is 0 Å². The molecule has 19 heavy (non-hydrogen) atoms. The molecule has 1 aromatic rings. The van der Waals surface area contributed by atoms with Crippen molar-refractivity contribution in [1.29, 1.82) is 0 Å². The fraction of sp³-hybridized carbons (Fsp3) is 0.500. The summed E-state index contributed by atoms with van der Waals surface area (Å²) >= 11 is 5.79. The number of hydrogen-bond donors (Lipinski definition) is 1. The number of aliphatic hydroxyl groups is 1. The maximum absolute atomic E-state index is 13.7. The maximum atomic E-state index is 13.7. The summed E-state index contributed by atoms with van der Waals surface area (Å²) < 4.78 is 18.4. The maximum Gasteiger partial charge on any atom is 0.311 e. The SMILES string of the molecule is CCCCC(C(=O)OC)C(O)c1cc(Cl)ccc1F. The van der Waals surface area contributed by atoms with Gasteiger partial charge in [0.25, 0.3) is 0 Å². The van der Waals surface area contributed by atoms with E-state index in [1.165, 1.54) is 25.3 Å². The molecule has 0 heterocycles. The molecule has 0 aliphatic heterocycles. The van der Waals surface area contributed by atoms with E-state index in [9.17, 15) is 14.3 Å². The van der Waals surface area contributed by atoms with Crippen LogP contribution in [0.4, 0.5) is 4.39 Å². The predicted molar refractivity (Wildman–Crippen MR) is 71.4 cm³/mol. The highest BCUT2D eigenvalue weighted by molar-refractivity contribution is 6.30. The average Bonchev–Trinajstić information content (AvgIpc) is 2.41. The van der Waals surface area contributed by atoms with E-state index in [4.69, 9.17) is 11.6 Å². The van der Waals surface area contributed by atoms with E-state index in [-0.39, 0.29) is 5.56 Å². The van der Waals surface area contributed by atoms with Gasteiger partial charge in [-0.15, -0.1) is 0 Å². The first kappa shape index (κ1) is 15.9. The van der Waals surface area contributed by atoms with Crippen LogP contribution >= 0.6 is 11.6 Å². The van der Waals surface area contributed by atoms with Crippen molar-refractivity contribution in [2.45, 2.75) is 32.3 Å². The molecule has 0 fully saturated rings. The molecule has 0 bridgehead atoms. The van der Waals surface area contributed by atoms with Crippen LogP contribution in [0.15, 0.2) is 18.2 Å². The largest absolute Gasteiger partial charge is 0.469 e. The zero-order chi connectivity index (χ0) is 14.4.